The van der Waals surface area contributed by atoms with Crippen LogP contribution in [0, 0.1) is 0 Å². The lowest BCUT2D eigenvalue weighted by Crippen LogP contribution is -2.46. The summed E-state index contributed by atoms with van der Waals surface area (Å²) in [5, 5.41) is 9.30. The minimum Gasteiger partial charge on any atom is -0.395 e. The average Bonchev–Trinajstić information content (AvgIpc) is 2.48. The third-order valence-electron chi connectivity index (χ3n) is 3.29. The fourth-order valence-corrected chi connectivity index (χ4v) is 2.14. The number of hydrogen-bond acceptors (Lipinski definition) is 5. The van der Waals surface area contributed by atoms with E-state index in [9.17, 15) is 9.90 Å². The van der Waals surface area contributed by atoms with Crippen molar-refractivity contribution in [3.8, 4) is 0 Å². The van der Waals surface area contributed by atoms with Crippen LogP contribution in [0.4, 0.5) is 0 Å². The van der Waals surface area contributed by atoms with E-state index in [1.807, 2.05) is 12.1 Å². The summed E-state index contributed by atoms with van der Waals surface area (Å²) in [7, 11) is 0. The summed E-state index contributed by atoms with van der Waals surface area (Å²) in [6.07, 6.45) is 0. The number of nitrogens with zero attached hydrogens (tertiary/aromatic N) is 1. The second-order valence-electron chi connectivity index (χ2n) is 4.55. The van der Waals surface area contributed by atoms with E-state index in [4.69, 9.17) is 10.6 Å². The van der Waals surface area contributed by atoms with Gasteiger partial charge in [0.1, 0.15) is 0 Å². The molecule has 2 rings (SSSR count). The number of morpholine rings is 1. The lowest BCUT2D eigenvalue weighted by molar-refractivity contribution is -0.0312. The van der Waals surface area contributed by atoms with Gasteiger partial charge in [-0.05, 0) is 17.7 Å². The Kier molecular flexibility index (Phi) is 4.86. The van der Waals surface area contributed by atoms with E-state index in [2.05, 4.69) is 10.3 Å². The van der Waals surface area contributed by atoms with Crippen molar-refractivity contribution in [2.75, 3.05) is 26.4 Å². The fraction of sp³-hybridized carbons (Fsp3) is 0.462. The maximum absolute atomic E-state index is 11.3. The van der Waals surface area contributed by atoms with Crippen LogP contribution in [0.25, 0.3) is 0 Å². The van der Waals surface area contributed by atoms with Crippen molar-refractivity contribution in [2.24, 2.45) is 5.84 Å². The molecule has 1 aliphatic heterocycles. The number of benzene rings is 1. The van der Waals surface area contributed by atoms with Crippen molar-refractivity contribution in [1.82, 2.24) is 10.3 Å². The number of carbonyl (C=O) groups is 1. The highest BCUT2D eigenvalue weighted by molar-refractivity contribution is 5.93. The Morgan fingerprint density at radius 2 is 2.21 bits per heavy atom. The molecule has 0 aromatic heterocycles. The zero-order chi connectivity index (χ0) is 13.7. The number of carbonyl (C=O) groups excluding carboxylic acids is 1. The largest absolute Gasteiger partial charge is 0.395 e. The molecule has 0 radical (unpaired) electrons. The van der Waals surface area contributed by atoms with Gasteiger partial charge in [-0.25, -0.2) is 5.84 Å². The Bertz CT molecular complexity index is 422. The second kappa shape index (κ2) is 6.63. The molecule has 1 aromatic carbocycles. The smallest absolute Gasteiger partial charge is 0.265 e. The number of nitrogen functional groups attached to an aromatic ring is 1. The first-order valence-electron chi connectivity index (χ1n) is 6.27. The van der Waals surface area contributed by atoms with Crippen LogP contribution in [-0.4, -0.2) is 48.3 Å². The van der Waals surface area contributed by atoms with E-state index in [0.717, 1.165) is 18.7 Å². The highest BCUT2D eigenvalue weighted by Crippen LogP contribution is 2.13. The summed E-state index contributed by atoms with van der Waals surface area (Å²) in [5.41, 5.74) is 3.73. The number of amides is 1. The standard InChI is InChI=1S/C13H19N3O3/c14-15-13(18)11-3-1-10(2-4-11)7-16-5-6-19-9-12(16)8-17/h1-4,12,17H,5-9,14H2,(H,15,18). The number of nitrogens with one attached hydrogen (secondary N) is 1. The van der Waals surface area contributed by atoms with Crippen molar-refractivity contribution in [1.29, 1.82) is 0 Å². The molecule has 0 bridgehead atoms. The predicted molar refractivity (Wildman–Crippen MR) is 70.2 cm³/mol. The fourth-order valence-electron chi connectivity index (χ4n) is 2.14. The van der Waals surface area contributed by atoms with Crippen LogP contribution in [0.5, 0.6) is 0 Å². The van der Waals surface area contributed by atoms with Crippen molar-refractivity contribution in [2.45, 2.75) is 12.6 Å². The summed E-state index contributed by atoms with van der Waals surface area (Å²) in [6, 6.07) is 7.32. The molecular formula is C13H19N3O3. The van der Waals surface area contributed by atoms with Crippen LogP contribution < -0.4 is 11.3 Å². The third-order valence-corrected chi connectivity index (χ3v) is 3.29. The molecule has 104 valence electrons. The molecule has 1 unspecified atom stereocenters. The van der Waals surface area contributed by atoms with Gasteiger partial charge in [-0.1, -0.05) is 12.1 Å². The van der Waals surface area contributed by atoms with E-state index in [1.165, 1.54) is 0 Å². The normalized spacial score (nSPS) is 20.2. The van der Waals surface area contributed by atoms with Crippen molar-refractivity contribution in [3.05, 3.63) is 35.4 Å². The molecular weight excluding hydrogens is 246 g/mol. The lowest BCUT2D eigenvalue weighted by atomic mass is 10.1. The molecule has 1 atom stereocenters. The number of nitrogens with two attached hydrogens (primary N) is 1. The van der Waals surface area contributed by atoms with Gasteiger partial charge < -0.3 is 9.84 Å². The van der Waals surface area contributed by atoms with E-state index < -0.39 is 0 Å². The van der Waals surface area contributed by atoms with E-state index >= 15 is 0 Å². The van der Waals surface area contributed by atoms with Gasteiger partial charge in [-0.15, -0.1) is 0 Å². The van der Waals surface area contributed by atoms with Crippen LogP contribution in [-0.2, 0) is 11.3 Å². The molecule has 0 saturated carbocycles. The number of aliphatic hydroxyl groups is 1. The summed E-state index contributed by atoms with van der Waals surface area (Å²) in [6.45, 7) is 2.87. The predicted octanol–water partition coefficient (Wildman–Crippen LogP) is -0.517. The molecule has 1 fully saturated rings. The first-order valence-corrected chi connectivity index (χ1v) is 6.27. The topological polar surface area (TPSA) is 87.8 Å². The summed E-state index contributed by atoms with van der Waals surface area (Å²) in [5.74, 6) is 4.78. The molecule has 1 aliphatic rings. The van der Waals surface area contributed by atoms with E-state index in [-0.39, 0.29) is 18.6 Å². The zero-order valence-electron chi connectivity index (χ0n) is 10.7. The summed E-state index contributed by atoms with van der Waals surface area (Å²) >= 11 is 0. The highest BCUT2D eigenvalue weighted by atomic mass is 16.5. The van der Waals surface area contributed by atoms with Crippen molar-refractivity contribution in [3.63, 3.8) is 0 Å². The van der Waals surface area contributed by atoms with Gasteiger partial charge in [0.2, 0.25) is 0 Å². The van der Waals surface area contributed by atoms with Gasteiger partial charge in [-0.3, -0.25) is 15.1 Å². The molecule has 0 aliphatic carbocycles. The Hall–Kier alpha value is -1.47. The van der Waals surface area contributed by atoms with Gasteiger partial charge in [0, 0.05) is 18.7 Å². The monoisotopic (exact) mass is 265 g/mol. The molecule has 1 aromatic rings. The Balaban J connectivity index is 2.00. The molecule has 19 heavy (non-hydrogen) atoms. The molecule has 6 heteroatoms. The first kappa shape index (κ1) is 14.0. The van der Waals surface area contributed by atoms with Crippen LogP contribution >= 0.6 is 0 Å². The van der Waals surface area contributed by atoms with Crippen molar-refractivity contribution >= 4 is 5.91 Å². The maximum atomic E-state index is 11.3. The second-order valence-corrected chi connectivity index (χ2v) is 4.55. The molecule has 4 N–H and O–H groups in total. The van der Waals surface area contributed by atoms with Gasteiger partial charge >= 0.3 is 0 Å². The zero-order valence-corrected chi connectivity index (χ0v) is 10.7. The maximum Gasteiger partial charge on any atom is 0.265 e. The van der Waals surface area contributed by atoms with Crippen LogP contribution in [0.3, 0.4) is 0 Å². The van der Waals surface area contributed by atoms with Crippen LogP contribution in [0.15, 0.2) is 24.3 Å². The minimum absolute atomic E-state index is 0.0424. The summed E-state index contributed by atoms with van der Waals surface area (Å²) < 4.78 is 5.34. The number of aliphatic hydroxyl groups excluding tert-OH is 1. The molecule has 0 spiro atoms. The SMILES string of the molecule is NNC(=O)c1ccc(CN2CCOCC2CO)cc1. The first-order chi connectivity index (χ1) is 9.24. The van der Waals surface area contributed by atoms with Gasteiger partial charge in [-0.2, -0.15) is 0 Å². The highest BCUT2D eigenvalue weighted by Gasteiger charge is 2.22. The van der Waals surface area contributed by atoms with Gasteiger partial charge in [0.05, 0.1) is 25.9 Å². The van der Waals surface area contributed by atoms with Gasteiger partial charge in [0.15, 0.2) is 0 Å². The number of hydrazine groups is 1. The number of rotatable bonds is 4. The van der Waals surface area contributed by atoms with E-state index in [1.54, 1.807) is 12.1 Å². The molecule has 6 nitrogen and oxygen atoms in total. The quantitative estimate of drug-likeness (QED) is 0.387. The Labute approximate surface area is 112 Å². The Morgan fingerprint density at radius 1 is 1.47 bits per heavy atom. The van der Waals surface area contributed by atoms with Crippen LogP contribution in [0.1, 0.15) is 15.9 Å². The molecule has 1 saturated heterocycles. The van der Waals surface area contributed by atoms with Crippen molar-refractivity contribution < 1.29 is 14.6 Å². The average molecular weight is 265 g/mol. The summed E-state index contributed by atoms with van der Waals surface area (Å²) in [4.78, 5) is 13.5. The lowest BCUT2D eigenvalue weighted by Gasteiger charge is -2.34. The molecule has 1 amide bonds. The minimum atomic E-state index is -0.300. The van der Waals surface area contributed by atoms with Crippen LogP contribution in [0.2, 0.25) is 0 Å². The molecule has 1 heterocycles. The number of hydrogen-bond donors (Lipinski definition) is 3. The Morgan fingerprint density at radius 3 is 2.84 bits per heavy atom. The van der Waals surface area contributed by atoms with Gasteiger partial charge in [0.25, 0.3) is 5.91 Å². The van der Waals surface area contributed by atoms with E-state index in [0.29, 0.717) is 18.8 Å². The third kappa shape index (κ3) is 3.51. The number of ether oxygens (including phenoxy) is 1.